The van der Waals surface area contributed by atoms with E-state index in [0.717, 1.165) is 31.2 Å². The molecule has 0 bridgehead atoms. The number of nitrogens with one attached hydrogen (secondary N) is 2. The van der Waals surface area contributed by atoms with E-state index < -0.39 is 0 Å². The van der Waals surface area contributed by atoms with Gasteiger partial charge in [0.05, 0.1) is 0 Å². The summed E-state index contributed by atoms with van der Waals surface area (Å²) in [5.41, 5.74) is 8.43. The molecule has 1 aliphatic carbocycles. The largest absolute Gasteiger partial charge is 0.427 e. The maximum Gasteiger partial charge on any atom is 0.308 e. The number of carbonyl (C=O) groups is 1. The lowest BCUT2D eigenvalue weighted by molar-refractivity contribution is -0.131. The quantitative estimate of drug-likeness (QED) is 0.412. The molecule has 2 heterocycles. The first-order valence-electron chi connectivity index (χ1n) is 10.1. The van der Waals surface area contributed by atoms with Crippen molar-refractivity contribution in [2.45, 2.75) is 51.2 Å². The molecule has 4 N–H and O–H groups in total. The van der Waals surface area contributed by atoms with Gasteiger partial charge in [-0.3, -0.25) is 4.79 Å². The maximum absolute atomic E-state index is 11.2. The minimum atomic E-state index is -0.353. The number of anilines is 2. The Morgan fingerprint density at radius 3 is 2.93 bits per heavy atom. The summed E-state index contributed by atoms with van der Waals surface area (Å²) in [6.45, 7) is 1.85. The predicted octanol–water partition coefficient (Wildman–Crippen LogP) is 1.98. The number of hydrogen-bond donors (Lipinski definition) is 3. The highest BCUT2D eigenvalue weighted by molar-refractivity contribution is 5.83. The Balaban J connectivity index is 1.56. The fraction of sp³-hybridized carbons (Fsp3) is 0.450. The Bertz CT molecular complexity index is 1050. The minimum Gasteiger partial charge on any atom is -0.427 e. The molecule has 2 atom stereocenters. The Morgan fingerprint density at radius 1 is 1.30 bits per heavy atom. The van der Waals surface area contributed by atoms with Crippen LogP contribution in [0, 0.1) is 0 Å². The van der Waals surface area contributed by atoms with Crippen molar-refractivity contribution < 1.29 is 9.53 Å². The molecule has 1 saturated carbocycles. The van der Waals surface area contributed by atoms with E-state index in [1.807, 2.05) is 18.2 Å². The second kappa shape index (κ2) is 8.62. The number of hydrogen-bond acceptors (Lipinski definition) is 9. The summed E-state index contributed by atoms with van der Waals surface area (Å²) in [6, 6.07) is 7.56. The molecular weight excluding hydrogens is 384 g/mol. The van der Waals surface area contributed by atoms with Gasteiger partial charge in [0.1, 0.15) is 5.75 Å². The third-order valence-electron chi connectivity index (χ3n) is 5.20. The van der Waals surface area contributed by atoms with Crippen molar-refractivity contribution in [1.82, 2.24) is 25.0 Å². The van der Waals surface area contributed by atoms with Crippen molar-refractivity contribution in [2.75, 3.05) is 10.6 Å². The number of esters is 1. The average Bonchev–Trinajstić information content (AvgIpc) is 3.09. The fourth-order valence-corrected chi connectivity index (χ4v) is 3.68. The van der Waals surface area contributed by atoms with Gasteiger partial charge in [0.2, 0.25) is 5.95 Å². The van der Waals surface area contributed by atoms with Crippen LogP contribution in [0.25, 0.3) is 11.2 Å². The highest BCUT2D eigenvalue weighted by Crippen LogP contribution is 2.24. The van der Waals surface area contributed by atoms with Gasteiger partial charge in [0, 0.05) is 32.6 Å². The van der Waals surface area contributed by atoms with Gasteiger partial charge in [0.25, 0.3) is 0 Å². The molecule has 0 spiro atoms. The normalized spacial score (nSPS) is 18.9. The highest BCUT2D eigenvalue weighted by Gasteiger charge is 2.23. The van der Waals surface area contributed by atoms with Crippen molar-refractivity contribution in [3.05, 3.63) is 29.8 Å². The van der Waals surface area contributed by atoms with Crippen LogP contribution in [-0.4, -0.2) is 43.0 Å². The summed E-state index contributed by atoms with van der Waals surface area (Å²) in [7, 11) is 1.80. The van der Waals surface area contributed by atoms with E-state index in [1.54, 1.807) is 17.8 Å². The van der Waals surface area contributed by atoms with E-state index in [2.05, 4.69) is 30.9 Å². The van der Waals surface area contributed by atoms with Crippen molar-refractivity contribution in [3.8, 4) is 5.75 Å². The SMILES string of the molecule is CC(=O)Oc1cccc(CNc2nc(NC3CCCCC3N)nc3c2nnn3C)c1. The zero-order valence-electron chi connectivity index (χ0n) is 17.1. The molecule has 2 unspecified atom stereocenters. The number of aromatic nitrogens is 5. The van der Waals surface area contributed by atoms with Crippen molar-refractivity contribution in [3.63, 3.8) is 0 Å². The molecule has 0 saturated heterocycles. The summed E-state index contributed by atoms with van der Waals surface area (Å²) in [5, 5.41) is 15.0. The third-order valence-corrected chi connectivity index (χ3v) is 5.20. The van der Waals surface area contributed by atoms with Crippen LogP contribution in [0.2, 0.25) is 0 Å². The van der Waals surface area contributed by atoms with Gasteiger partial charge in [-0.1, -0.05) is 30.2 Å². The number of nitrogens with zero attached hydrogens (tertiary/aromatic N) is 5. The average molecular weight is 410 g/mol. The van der Waals surface area contributed by atoms with E-state index >= 15 is 0 Å². The van der Waals surface area contributed by atoms with E-state index in [0.29, 0.717) is 35.2 Å². The second-order valence-corrected chi connectivity index (χ2v) is 7.57. The van der Waals surface area contributed by atoms with Crippen molar-refractivity contribution >= 4 is 28.9 Å². The molecule has 0 radical (unpaired) electrons. The Hall–Kier alpha value is -3.27. The molecule has 1 aliphatic rings. The first kappa shape index (κ1) is 20.0. The Morgan fingerprint density at radius 2 is 2.13 bits per heavy atom. The number of rotatable bonds is 6. The predicted molar refractivity (Wildman–Crippen MR) is 113 cm³/mol. The molecule has 1 fully saturated rings. The molecule has 10 heteroatoms. The van der Waals surface area contributed by atoms with Crippen LogP contribution < -0.4 is 21.1 Å². The summed E-state index contributed by atoms with van der Waals surface area (Å²) >= 11 is 0. The molecule has 1 aromatic carbocycles. The van der Waals surface area contributed by atoms with E-state index in [-0.39, 0.29) is 18.1 Å². The van der Waals surface area contributed by atoms with Crippen LogP contribution in [0.4, 0.5) is 11.8 Å². The van der Waals surface area contributed by atoms with Gasteiger partial charge in [-0.05, 0) is 30.5 Å². The van der Waals surface area contributed by atoms with Crippen LogP contribution in [0.3, 0.4) is 0 Å². The molecule has 0 aliphatic heterocycles. The first-order chi connectivity index (χ1) is 14.5. The smallest absolute Gasteiger partial charge is 0.308 e. The van der Waals surface area contributed by atoms with Gasteiger partial charge in [-0.15, -0.1) is 5.10 Å². The number of aryl methyl sites for hydroxylation is 1. The zero-order valence-corrected chi connectivity index (χ0v) is 17.1. The van der Waals surface area contributed by atoms with Crippen LogP contribution in [0.1, 0.15) is 38.2 Å². The number of benzene rings is 1. The van der Waals surface area contributed by atoms with Gasteiger partial charge < -0.3 is 21.1 Å². The number of fused-ring (bicyclic) bond motifs is 1. The van der Waals surface area contributed by atoms with E-state index in [9.17, 15) is 4.79 Å². The lowest BCUT2D eigenvalue weighted by Crippen LogP contribution is -2.43. The third kappa shape index (κ3) is 4.48. The van der Waals surface area contributed by atoms with Gasteiger partial charge in [-0.2, -0.15) is 9.97 Å². The van der Waals surface area contributed by atoms with Crippen molar-refractivity contribution in [1.29, 1.82) is 0 Å². The zero-order chi connectivity index (χ0) is 21.1. The Labute approximate surface area is 174 Å². The van der Waals surface area contributed by atoms with Crippen molar-refractivity contribution in [2.24, 2.45) is 12.8 Å². The standard InChI is InChI=1S/C20H26N8O2/c1-12(29)30-14-7-5-6-13(10-14)11-22-18-17-19(28(2)27-26-17)25-20(24-18)23-16-9-4-3-8-15(16)21/h5-7,10,15-16H,3-4,8-9,11,21H2,1-2H3,(H2,22,23,24,25). The minimum absolute atomic E-state index is 0.0862. The molecule has 30 heavy (non-hydrogen) atoms. The van der Waals surface area contributed by atoms with Gasteiger partial charge in [0.15, 0.2) is 17.0 Å². The number of carbonyl (C=O) groups excluding carboxylic acids is 1. The summed E-state index contributed by atoms with van der Waals surface area (Å²) in [4.78, 5) is 20.4. The van der Waals surface area contributed by atoms with Gasteiger partial charge in [-0.25, -0.2) is 4.68 Å². The maximum atomic E-state index is 11.2. The van der Waals surface area contributed by atoms with Crippen LogP contribution in [0.5, 0.6) is 5.75 Å². The Kier molecular flexibility index (Phi) is 5.75. The fourth-order valence-electron chi connectivity index (χ4n) is 3.68. The topological polar surface area (TPSA) is 133 Å². The monoisotopic (exact) mass is 410 g/mol. The van der Waals surface area contributed by atoms with Crippen LogP contribution >= 0.6 is 0 Å². The summed E-state index contributed by atoms with van der Waals surface area (Å²) < 4.78 is 6.77. The second-order valence-electron chi connectivity index (χ2n) is 7.57. The van der Waals surface area contributed by atoms with Crippen LogP contribution in [0.15, 0.2) is 24.3 Å². The first-order valence-corrected chi connectivity index (χ1v) is 10.1. The van der Waals surface area contributed by atoms with E-state index in [4.69, 9.17) is 10.5 Å². The molecule has 10 nitrogen and oxygen atoms in total. The summed E-state index contributed by atoms with van der Waals surface area (Å²) in [6.07, 6.45) is 4.30. The van der Waals surface area contributed by atoms with Gasteiger partial charge >= 0.3 is 5.97 Å². The lowest BCUT2D eigenvalue weighted by Gasteiger charge is -2.29. The summed E-state index contributed by atoms with van der Waals surface area (Å²) in [5.74, 6) is 1.24. The lowest BCUT2D eigenvalue weighted by atomic mass is 9.91. The number of nitrogens with two attached hydrogens (primary N) is 1. The molecule has 3 aromatic rings. The highest BCUT2D eigenvalue weighted by atomic mass is 16.5. The molecule has 158 valence electrons. The van der Waals surface area contributed by atoms with E-state index in [1.165, 1.54) is 6.92 Å². The van der Waals surface area contributed by atoms with Crippen LogP contribution in [-0.2, 0) is 18.4 Å². The molecule has 4 rings (SSSR count). The molecular formula is C20H26N8O2. The number of ether oxygens (including phenoxy) is 1. The molecule has 2 aromatic heterocycles. The molecule has 0 amide bonds.